The van der Waals surface area contributed by atoms with Crippen LogP contribution in [-0.4, -0.2) is 23.1 Å². The van der Waals surface area contributed by atoms with Crippen molar-refractivity contribution in [3.05, 3.63) is 58.9 Å². The number of hydrazone groups is 1. The molecular formula is C18H22N4O. The highest BCUT2D eigenvalue weighted by Crippen LogP contribution is 2.21. The zero-order valence-electron chi connectivity index (χ0n) is 14.0. The van der Waals surface area contributed by atoms with E-state index in [1.165, 1.54) is 5.56 Å². The molecule has 0 saturated carbocycles. The van der Waals surface area contributed by atoms with E-state index in [4.69, 9.17) is 0 Å². The van der Waals surface area contributed by atoms with Gasteiger partial charge in [-0.05, 0) is 51.0 Å². The van der Waals surface area contributed by atoms with Gasteiger partial charge in [-0.2, -0.15) is 5.10 Å². The molecule has 5 heteroatoms. The summed E-state index contributed by atoms with van der Waals surface area (Å²) in [4.78, 5) is 16.1. The van der Waals surface area contributed by atoms with Crippen LogP contribution >= 0.6 is 0 Å². The smallest absolute Gasteiger partial charge is 0.259 e. The molecule has 2 aromatic rings. The summed E-state index contributed by atoms with van der Waals surface area (Å²) in [5.74, 6) is -0.195. The number of hydrogen-bond acceptors (Lipinski definition) is 4. The van der Waals surface area contributed by atoms with E-state index in [9.17, 15) is 4.79 Å². The average molecular weight is 310 g/mol. The van der Waals surface area contributed by atoms with Crippen molar-refractivity contribution in [1.29, 1.82) is 0 Å². The fourth-order valence-corrected chi connectivity index (χ4v) is 2.45. The maximum Gasteiger partial charge on any atom is 0.259 e. The number of nitrogens with zero attached hydrogens (tertiary/aromatic N) is 2. The van der Waals surface area contributed by atoms with Gasteiger partial charge in [-0.15, -0.1) is 0 Å². The van der Waals surface area contributed by atoms with Crippen molar-refractivity contribution >= 4 is 17.3 Å². The number of amides is 1. The quantitative estimate of drug-likeness (QED) is 0.659. The minimum Gasteiger partial charge on any atom is -0.376 e. The van der Waals surface area contributed by atoms with Crippen molar-refractivity contribution in [3.63, 3.8) is 0 Å². The second-order valence-corrected chi connectivity index (χ2v) is 5.57. The molecule has 1 aromatic heterocycles. The maximum atomic E-state index is 11.9. The van der Waals surface area contributed by atoms with Crippen molar-refractivity contribution in [2.75, 3.05) is 11.9 Å². The molecule has 0 aliphatic carbocycles. The molecular weight excluding hydrogens is 288 g/mol. The largest absolute Gasteiger partial charge is 0.376 e. The highest BCUT2D eigenvalue weighted by atomic mass is 16.2. The van der Waals surface area contributed by atoms with Crippen LogP contribution in [0.2, 0.25) is 0 Å². The highest BCUT2D eigenvalue weighted by molar-refractivity contribution is 5.97. The van der Waals surface area contributed by atoms with Crippen LogP contribution in [0, 0.1) is 20.8 Å². The Hall–Kier alpha value is -2.69. The van der Waals surface area contributed by atoms with Gasteiger partial charge >= 0.3 is 0 Å². The topological polar surface area (TPSA) is 66.4 Å². The highest BCUT2D eigenvalue weighted by Gasteiger charge is 2.06. The number of carbonyl (C=O) groups is 1. The number of benzene rings is 1. The zero-order chi connectivity index (χ0) is 16.8. The minimum absolute atomic E-state index is 0.170. The van der Waals surface area contributed by atoms with Gasteiger partial charge < -0.3 is 5.32 Å². The molecule has 2 rings (SSSR count). The fraction of sp³-hybridized carbons (Fsp3) is 0.278. The molecule has 0 unspecified atom stereocenters. The number of nitrogens with one attached hydrogen (secondary N) is 2. The monoisotopic (exact) mass is 310 g/mol. The predicted molar refractivity (Wildman–Crippen MR) is 93.7 cm³/mol. The summed E-state index contributed by atoms with van der Waals surface area (Å²) in [6.45, 7) is 8.10. The van der Waals surface area contributed by atoms with Gasteiger partial charge in [-0.25, -0.2) is 5.43 Å². The average Bonchev–Trinajstić information content (AvgIpc) is 2.52. The van der Waals surface area contributed by atoms with E-state index in [-0.39, 0.29) is 12.5 Å². The van der Waals surface area contributed by atoms with Crippen LogP contribution in [0.5, 0.6) is 0 Å². The van der Waals surface area contributed by atoms with E-state index in [1.54, 1.807) is 6.20 Å². The molecule has 1 aromatic carbocycles. The molecule has 5 nitrogen and oxygen atoms in total. The molecule has 0 atom stereocenters. The summed E-state index contributed by atoms with van der Waals surface area (Å²) in [5.41, 5.74) is 8.42. The van der Waals surface area contributed by atoms with Gasteiger partial charge in [0.05, 0.1) is 18.0 Å². The van der Waals surface area contributed by atoms with Crippen LogP contribution in [0.15, 0.2) is 41.6 Å². The Morgan fingerprint density at radius 3 is 2.48 bits per heavy atom. The standard InChI is InChI=1S/C18H22N4O/c1-12-9-13(2)18(14(3)10-12)20-11-17(23)22-21-15(4)16-7-5-6-8-19-16/h5-10,20H,11H2,1-4H3,(H,22,23)/b21-15-. The molecule has 2 N–H and O–H groups in total. The lowest BCUT2D eigenvalue weighted by Crippen LogP contribution is -2.27. The summed E-state index contributed by atoms with van der Waals surface area (Å²) in [6, 6.07) is 9.76. The van der Waals surface area contributed by atoms with Crippen molar-refractivity contribution in [3.8, 4) is 0 Å². The van der Waals surface area contributed by atoms with E-state index in [2.05, 4.69) is 39.9 Å². The van der Waals surface area contributed by atoms with Gasteiger partial charge in [-0.1, -0.05) is 23.8 Å². The van der Waals surface area contributed by atoms with Gasteiger partial charge in [0, 0.05) is 11.9 Å². The van der Waals surface area contributed by atoms with Crippen molar-refractivity contribution < 1.29 is 4.79 Å². The molecule has 0 aliphatic heterocycles. The first-order valence-electron chi connectivity index (χ1n) is 7.53. The van der Waals surface area contributed by atoms with E-state index < -0.39 is 0 Å². The molecule has 0 saturated heterocycles. The molecule has 0 radical (unpaired) electrons. The van der Waals surface area contributed by atoms with Crippen molar-refractivity contribution in [2.45, 2.75) is 27.7 Å². The number of anilines is 1. The third-order valence-electron chi connectivity index (χ3n) is 3.49. The number of aryl methyl sites for hydroxylation is 3. The third kappa shape index (κ3) is 4.64. The Bertz CT molecular complexity index is 700. The SMILES string of the molecule is C/C(=N/NC(=O)CNc1c(C)cc(C)cc1C)c1ccccn1. The lowest BCUT2D eigenvalue weighted by atomic mass is 10.1. The Labute approximate surface area is 136 Å². The summed E-state index contributed by atoms with van der Waals surface area (Å²) < 4.78 is 0. The van der Waals surface area contributed by atoms with Gasteiger partial charge in [0.15, 0.2) is 0 Å². The number of rotatable bonds is 5. The molecule has 1 heterocycles. The van der Waals surface area contributed by atoms with Gasteiger partial charge in [0.1, 0.15) is 0 Å². The molecule has 0 fully saturated rings. The van der Waals surface area contributed by atoms with Crippen LogP contribution in [0.25, 0.3) is 0 Å². The van der Waals surface area contributed by atoms with Crippen LogP contribution in [0.4, 0.5) is 5.69 Å². The summed E-state index contributed by atoms with van der Waals surface area (Å²) in [5, 5.41) is 7.25. The van der Waals surface area contributed by atoms with E-state index >= 15 is 0 Å². The van der Waals surface area contributed by atoms with E-state index in [0.717, 1.165) is 22.5 Å². The summed E-state index contributed by atoms with van der Waals surface area (Å²) in [6.07, 6.45) is 1.70. The first kappa shape index (κ1) is 16.7. The first-order valence-corrected chi connectivity index (χ1v) is 7.53. The molecule has 0 spiro atoms. The van der Waals surface area contributed by atoms with Crippen molar-refractivity contribution in [2.24, 2.45) is 5.10 Å². The van der Waals surface area contributed by atoms with Crippen molar-refractivity contribution in [1.82, 2.24) is 10.4 Å². The van der Waals surface area contributed by atoms with E-state index in [1.807, 2.05) is 39.0 Å². The van der Waals surface area contributed by atoms with Gasteiger partial charge in [0.25, 0.3) is 5.91 Å². The second-order valence-electron chi connectivity index (χ2n) is 5.57. The summed E-state index contributed by atoms with van der Waals surface area (Å²) in [7, 11) is 0. The molecule has 0 aliphatic rings. The van der Waals surface area contributed by atoms with Crippen LogP contribution in [-0.2, 0) is 4.79 Å². The number of hydrogen-bond donors (Lipinski definition) is 2. The zero-order valence-corrected chi connectivity index (χ0v) is 14.0. The van der Waals surface area contributed by atoms with E-state index in [0.29, 0.717) is 5.71 Å². The normalized spacial score (nSPS) is 11.2. The van der Waals surface area contributed by atoms with Crippen LogP contribution in [0.1, 0.15) is 29.3 Å². The van der Waals surface area contributed by atoms with Gasteiger partial charge in [0.2, 0.25) is 0 Å². The minimum atomic E-state index is -0.195. The first-order chi connectivity index (χ1) is 11.0. The molecule has 1 amide bonds. The number of carbonyl (C=O) groups excluding carboxylic acids is 1. The third-order valence-corrected chi connectivity index (χ3v) is 3.49. The van der Waals surface area contributed by atoms with Crippen LogP contribution in [0.3, 0.4) is 0 Å². The Balaban J connectivity index is 1.94. The molecule has 0 bridgehead atoms. The number of pyridine rings is 1. The Morgan fingerprint density at radius 2 is 1.87 bits per heavy atom. The lowest BCUT2D eigenvalue weighted by Gasteiger charge is -2.13. The maximum absolute atomic E-state index is 11.9. The Kier molecular flexibility index (Phi) is 5.46. The lowest BCUT2D eigenvalue weighted by molar-refractivity contribution is -0.119. The number of aromatic nitrogens is 1. The Morgan fingerprint density at radius 1 is 1.17 bits per heavy atom. The molecule has 120 valence electrons. The summed E-state index contributed by atoms with van der Waals surface area (Å²) >= 11 is 0. The molecule has 23 heavy (non-hydrogen) atoms. The fourth-order valence-electron chi connectivity index (χ4n) is 2.45. The second kappa shape index (κ2) is 7.54. The predicted octanol–water partition coefficient (Wildman–Crippen LogP) is 2.96. The van der Waals surface area contributed by atoms with Gasteiger partial charge in [-0.3, -0.25) is 9.78 Å². The van der Waals surface area contributed by atoms with Crippen LogP contribution < -0.4 is 10.7 Å².